The molecular formula is C11H7BrCl2N2O. The fourth-order valence-electron chi connectivity index (χ4n) is 1.23. The van der Waals surface area contributed by atoms with E-state index in [4.69, 9.17) is 27.9 Å². The molecule has 6 heteroatoms. The third kappa shape index (κ3) is 3.31. The maximum absolute atomic E-state index is 6.03. The van der Waals surface area contributed by atoms with Gasteiger partial charge in [0.2, 0.25) is 5.88 Å². The maximum atomic E-state index is 6.03. The van der Waals surface area contributed by atoms with Crippen LogP contribution in [0.25, 0.3) is 0 Å². The molecule has 1 aromatic carbocycles. The topological polar surface area (TPSA) is 35.0 Å². The molecule has 0 saturated heterocycles. The predicted octanol–water partition coefficient (Wildman–Crippen LogP) is 4.65. The van der Waals surface area contributed by atoms with Crippen LogP contribution in [0.1, 0.15) is 5.82 Å². The zero-order chi connectivity index (χ0) is 12.4. The second-order valence-electron chi connectivity index (χ2n) is 3.25. The Labute approximate surface area is 117 Å². The maximum Gasteiger partial charge on any atom is 0.224 e. The molecule has 0 fully saturated rings. The summed E-state index contributed by atoms with van der Waals surface area (Å²) in [4.78, 5) is 8.05. The zero-order valence-corrected chi connectivity index (χ0v) is 11.8. The van der Waals surface area contributed by atoms with Crippen LogP contribution in [-0.4, -0.2) is 9.97 Å². The van der Waals surface area contributed by atoms with Gasteiger partial charge < -0.3 is 4.74 Å². The van der Waals surface area contributed by atoms with Gasteiger partial charge in [0.25, 0.3) is 0 Å². The Morgan fingerprint density at radius 3 is 2.59 bits per heavy atom. The van der Waals surface area contributed by atoms with Crippen LogP contribution in [-0.2, 0) is 0 Å². The highest BCUT2D eigenvalue weighted by Crippen LogP contribution is 2.31. The second kappa shape index (κ2) is 5.21. The zero-order valence-electron chi connectivity index (χ0n) is 8.75. The van der Waals surface area contributed by atoms with Crippen LogP contribution in [0.4, 0.5) is 0 Å². The van der Waals surface area contributed by atoms with Gasteiger partial charge in [0, 0.05) is 10.5 Å². The number of rotatable bonds is 2. The summed E-state index contributed by atoms with van der Waals surface area (Å²) in [5.74, 6) is 1.43. The van der Waals surface area contributed by atoms with Gasteiger partial charge in [-0.2, -0.15) is 4.98 Å². The number of aryl methyl sites for hydroxylation is 1. The van der Waals surface area contributed by atoms with Gasteiger partial charge in [0.15, 0.2) is 0 Å². The van der Waals surface area contributed by atoms with Gasteiger partial charge in [-0.1, -0.05) is 39.1 Å². The van der Waals surface area contributed by atoms with E-state index in [-0.39, 0.29) is 0 Å². The molecule has 1 aromatic heterocycles. The molecule has 0 radical (unpaired) electrons. The Hall–Kier alpha value is -0.840. The van der Waals surface area contributed by atoms with Crippen molar-refractivity contribution in [3.8, 4) is 11.6 Å². The highest BCUT2D eigenvalue weighted by atomic mass is 79.9. The minimum atomic E-state index is 0.334. The first-order valence-electron chi connectivity index (χ1n) is 4.69. The summed E-state index contributed by atoms with van der Waals surface area (Å²) in [6.45, 7) is 1.74. The van der Waals surface area contributed by atoms with Crippen molar-refractivity contribution in [3.63, 3.8) is 0 Å². The minimum Gasteiger partial charge on any atom is -0.437 e. The lowest BCUT2D eigenvalue weighted by atomic mass is 10.3. The van der Waals surface area contributed by atoms with Crippen LogP contribution in [0.5, 0.6) is 11.6 Å². The molecule has 0 aliphatic rings. The molecule has 0 bridgehead atoms. The van der Waals surface area contributed by atoms with Crippen LogP contribution < -0.4 is 4.74 Å². The average molecular weight is 334 g/mol. The third-order valence-corrected chi connectivity index (χ3v) is 2.87. The molecular weight excluding hydrogens is 327 g/mol. The smallest absolute Gasteiger partial charge is 0.224 e. The summed E-state index contributed by atoms with van der Waals surface area (Å²) in [5.41, 5.74) is 0. The molecule has 2 rings (SSSR count). The van der Waals surface area contributed by atoms with E-state index in [1.807, 2.05) is 6.07 Å². The van der Waals surface area contributed by atoms with Gasteiger partial charge >= 0.3 is 0 Å². The minimum absolute atomic E-state index is 0.334. The van der Waals surface area contributed by atoms with Crippen molar-refractivity contribution in [2.75, 3.05) is 0 Å². The number of aromatic nitrogens is 2. The number of hydrogen-bond donors (Lipinski definition) is 0. The largest absolute Gasteiger partial charge is 0.437 e. The Bertz CT molecular complexity index is 543. The monoisotopic (exact) mass is 332 g/mol. The Balaban J connectivity index is 2.31. The van der Waals surface area contributed by atoms with Crippen molar-refractivity contribution in [1.29, 1.82) is 0 Å². The van der Waals surface area contributed by atoms with E-state index in [0.29, 0.717) is 27.6 Å². The van der Waals surface area contributed by atoms with E-state index in [1.54, 1.807) is 19.1 Å². The first-order chi connectivity index (χ1) is 8.04. The lowest BCUT2D eigenvalue weighted by Crippen LogP contribution is -1.93. The SMILES string of the molecule is Cc1nc(Cl)cc(Oc2ccc(Br)cc2Cl)n1. The molecule has 1 heterocycles. The molecule has 88 valence electrons. The van der Waals surface area contributed by atoms with E-state index in [0.717, 1.165) is 4.47 Å². The summed E-state index contributed by atoms with van der Waals surface area (Å²) < 4.78 is 6.42. The van der Waals surface area contributed by atoms with E-state index >= 15 is 0 Å². The Morgan fingerprint density at radius 1 is 1.18 bits per heavy atom. The number of benzene rings is 1. The van der Waals surface area contributed by atoms with E-state index in [1.165, 1.54) is 6.07 Å². The van der Waals surface area contributed by atoms with Gasteiger partial charge in [0.05, 0.1) is 5.02 Å². The highest BCUT2D eigenvalue weighted by molar-refractivity contribution is 9.10. The fraction of sp³-hybridized carbons (Fsp3) is 0.0909. The van der Waals surface area contributed by atoms with Crippen LogP contribution in [0.15, 0.2) is 28.7 Å². The van der Waals surface area contributed by atoms with E-state index in [2.05, 4.69) is 25.9 Å². The quantitative estimate of drug-likeness (QED) is 0.750. The normalized spacial score (nSPS) is 10.4. The fourth-order valence-corrected chi connectivity index (χ4v) is 2.16. The molecule has 3 nitrogen and oxygen atoms in total. The van der Waals surface area contributed by atoms with E-state index < -0.39 is 0 Å². The molecule has 17 heavy (non-hydrogen) atoms. The number of halogens is 3. The van der Waals surface area contributed by atoms with Crippen molar-refractivity contribution in [2.24, 2.45) is 0 Å². The standard InChI is InChI=1S/C11H7BrCl2N2O/c1-6-15-10(14)5-11(16-6)17-9-3-2-7(12)4-8(9)13/h2-5H,1H3. The molecule has 0 unspecified atom stereocenters. The van der Waals surface area contributed by atoms with Crippen LogP contribution in [0.2, 0.25) is 10.2 Å². The van der Waals surface area contributed by atoms with Gasteiger partial charge in [0.1, 0.15) is 16.7 Å². The molecule has 0 amide bonds. The van der Waals surface area contributed by atoms with Gasteiger partial charge in [-0.25, -0.2) is 4.98 Å². The average Bonchev–Trinajstić information content (AvgIpc) is 2.21. The van der Waals surface area contributed by atoms with Gasteiger partial charge in [-0.05, 0) is 25.1 Å². The molecule has 0 saturated carbocycles. The van der Waals surface area contributed by atoms with E-state index in [9.17, 15) is 0 Å². The molecule has 0 spiro atoms. The van der Waals surface area contributed by atoms with Crippen molar-refractivity contribution in [3.05, 3.63) is 44.7 Å². The predicted molar refractivity (Wildman–Crippen MR) is 71.0 cm³/mol. The number of hydrogen-bond acceptors (Lipinski definition) is 3. The Kier molecular flexibility index (Phi) is 3.86. The summed E-state index contributed by atoms with van der Waals surface area (Å²) in [7, 11) is 0. The first-order valence-corrected chi connectivity index (χ1v) is 6.23. The molecule has 2 aromatic rings. The number of ether oxygens (including phenoxy) is 1. The third-order valence-electron chi connectivity index (χ3n) is 1.89. The van der Waals surface area contributed by atoms with Crippen molar-refractivity contribution in [2.45, 2.75) is 6.92 Å². The van der Waals surface area contributed by atoms with Crippen molar-refractivity contribution < 1.29 is 4.74 Å². The van der Waals surface area contributed by atoms with Gasteiger partial charge in [-0.3, -0.25) is 0 Å². The summed E-state index contributed by atoms with van der Waals surface area (Å²) in [6.07, 6.45) is 0. The van der Waals surface area contributed by atoms with Crippen molar-refractivity contribution >= 4 is 39.1 Å². The first kappa shape index (κ1) is 12.6. The van der Waals surface area contributed by atoms with Crippen LogP contribution >= 0.6 is 39.1 Å². The van der Waals surface area contributed by atoms with Gasteiger partial charge in [-0.15, -0.1) is 0 Å². The molecule has 0 N–H and O–H groups in total. The molecule has 0 atom stereocenters. The highest BCUT2D eigenvalue weighted by Gasteiger charge is 2.06. The summed E-state index contributed by atoms with van der Waals surface area (Å²) in [5, 5.41) is 0.826. The number of nitrogens with zero attached hydrogens (tertiary/aromatic N) is 2. The summed E-state index contributed by atoms with van der Waals surface area (Å²) in [6, 6.07) is 6.86. The van der Waals surface area contributed by atoms with Crippen molar-refractivity contribution in [1.82, 2.24) is 9.97 Å². The summed E-state index contributed by atoms with van der Waals surface area (Å²) >= 11 is 15.2. The van der Waals surface area contributed by atoms with Crippen LogP contribution in [0, 0.1) is 6.92 Å². The Morgan fingerprint density at radius 2 is 1.94 bits per heavy atom. The van der Waals surface area contributed by atoms with Crippen LogP contribution in [0.3, 0.4) is 0 Å². The lowest BCUT2D eigenvalue weighted by Gasteiger charge is -2.07. The second-order valence-corrected chi connectivity index (χ2v) is 4.96. The lowest BCUT2D eigenvalue weighted by molar-refractivity contribution is 0.460. The molecule has 0 aliphatic carbocycles. The molecule has 0 aliphatic heterocycles.